The first-order chi connectivity index (χ1) is 14.3. The SMILES string of the molecule is CC[C@@H]1CN(S(=O)(=O)c2ccc3c(c2)N(C(C)=O)CCCS3)c2cc(C)ccc2O1. The van der Waals surface area contributed by atoms with E-state index in [4.69, 9.17) is 4.74 Å². The Hall–Kier alpha value is -2.19. The smallest absolute Gasteiger partial charge is 0.264 e. The first kappa shape index (κ1) is 21.1. The maximum atomic E-state index is 13.7. The predicted octanol–water partition coefficient (Wildman–Crippen LogP) is 4.21. The molecule has 1 amide bonds. The number of thioether (sulfide) groups is 1. The summed E-state index contributed by atoms with van der Waals surface area (Å²) in [7, 11) is -3.82. The van der Waals surface area contributed by atoms with E-state index in [9.17, 15) is 13.2 Å². The third-order valence-corrected chi connectivity index (χ3v) is 8.40. The number of amides is 1. The monoisotopic (exact) mass is 446 g/mol. The number of hydrogen-bond donors (Lipinski definition) is 0. The van der Waals surface area contributed by atoms with Crippen LogP contribution < -0.4 is 13.9 Å². The van der Waals surface area contributed by atoms with Gasteiger partial charge in [0, 0.05) is 18.4 Å². The van der Waals surface area contributed by atoms with Crippen molar-refractivity contribution in [3.05, 3.63) is 42.0 Å². The number of ether oxygens (including phenoxy) is 1. The van der Waals surface area contributed by atoms with E-state index in [1.807, 2.05) is 38.1 Å². The Balaban J connectivity index is 1.81. The van der Waals surface area contributed by atoms with Gasteiger partial charge >= 0.3 is 0 Å². The molecule has 2 aromatic rings. The van der Waals surface area contributed by atoms with Crippen LogP contribution in [0, 0.1) is 6.92 Å². The van der Waals surface area contributed by atoms with Gasteiger partial charge in [0.25, 0.3) is 10.0 Å². The third-order valence-electron chi connectivity index (χ3n) is 5.47. The summed E-state index contributed by atoms with van der Waals surface area (Å²) in [5.74, 6) is 1.40. The summed E-state index contributed by atoms with van der Waals surface area (Å²) in [6.45, 7) is 6.29. The molecule has 2 heterocycles. The first-order valence-corrected chi connectivity index (χ1v) is 12.6. The Morgan fingerprint density at radius 2 is 2.00 bits per heavy atom. The van der Waals surface area contributed by atoms with E-state index in [0.717, 1.165) is 22.6 Å². The second-order valence-corrected chi connectivity index (χ2v) is 10.7. The molecule has 0 radical (unpaired) electrons. The minimum Gasteiger partial charge on any atom is -0.486 e. The summed E-state index contributed by atoms with van der Waals surface area (Å²) in [6.07, 6.45) is 1.37. The fraction of sp³-hybridized carbons (Fsp3) is 0.409. The molecule has 160 valence electrons. The molecular weight excluding hydrogens is 420 g/mol. The summed E-state index contributed by atoms with van der Waals surface area (Å²) in [6, 6.07) is 10.7. The van der Waals surface area contributed by atoms with Crippen molar-refractivity contribution in [1.29, 1.82) is 0 Å². The number of aryl methyl sites for hydroxylation is 1. The highest BCUT2D eigenvalue weighted by Gasteiger charge is 2.35. The average Bonchev–Trinajstić information content (AvgIpc) is 2.94. The van der Waals surface area contributed by atoms with Crippen molar-refractivity contribution in [2.75, 3.05) is 28.0 Å². The van der Waals surface area contributed by atoms with Gasteiger partial charge < -0.3 is 9.64 Å². The summed E-state index contributed by atoms with van der Waals surface area (Å²) in [4.78, 5) is 15.0. The highest BCUT2D eigenvalue weighted by Crippen LogP contribution is 2.40. The van der Waals surface area contributed by atoms with Crippen LogP contribution in [0.5, 0.6) is 5.75 Å². The number of sulfonamides is 1. The normalized spacial score (nSPS) is 18.8. The van der Waals surface area contributed by atoms with Crippen molar-refractivity contribution >= 4 is 39.1 Å². The number of rotatable bonds is 3. The van der Waals surface area contributed by atoms with Crippen molar-refractivity contribution in [2.45, 2.75) is 49.5 Å². The molecule has 4 rings (SSSR count). The van der Waals surface area contributed by atoms with Crippen LogP contribution >= 0.6 is 11.8 Å². The lowest BCUT2D eigenvalue weighted by atomic mass is 10.1. The second kappa shape index (κ2) is 8.15. The molecule has 1 atom stereocenters. The van der Waals surface area contributed by atoms with Crippen LogP contribution in [0.15, 0.2) is 46.2 Å². The maximum Gasteiger partial charge on any atom is 0.264 e. The van der Waals surface area contributed by atoms with Gasteiger partial charge in [-0.25, -0.2) is 8.42 Å². The van der Waals surface area contributed by atoms with Crippen molar-refractivity contribution in [3.8, 4) is 5.75 Å². The van der Waals surface area contributed by atoms with Crippen LogP contribution in [-0.2, 0) is 14.8 Å². The Kier molecular flexibility index (Phi) is 5.72. The standard InChI is InChI=1S/C22H26N2O4S2/c1-4-17-14-24(19-12-15(2)6-8-21(19)28-17)30(26,27)18-7-9-22-20(13-18)23(16(3)25)10-5-11-29-22/h6-9,12-13,17H,4-5,10-11,14H2,1-3H3/t17-/m1/s1. The molecule has 30 heavy (non-hydrogen) atoms. The van der Waals surface area contributed by atoms with Gasteiger partial charge in [-0.15, -0.1) is 11.8 Å². The number of anilines is 2. The van der Waals surface area contributed by atoms with Crippen LogP contribution in [-0.4, -0.2) is 39.3 Å². The molecule has 0 N–H and O–H groups in total. The molecule has 0 fully saturated rings. The Bertz CT molecular complexity index is 1080. The molecular formula is C22H26N2O4S2. The number of benzene rings is 2. The Morgan fingerprint density at radius 1 is 1.20 bits per heavy atom. The van der Waals surface area contributed by atoms with E-state index in [1.54, 1.807) is 28.8 Å². The van der Waals surface area contributed by atoms with E-state index < -0.39 is 10.0 Å². The van der Waals surface area contributed by atoms with Crippen LogP contribution in [0.25, 0.3) is 0 Å². The first-order valence-electron chi connectivity index (χ1n) is 10.2. The molecule has 0 saturated heterocycles. The van der Waals surface area contributed by atoms with Gasteiger partial charge in [-0.05, 0) is 61.4 Å². The molecule has 0 aliphatic carbocycles. The second-order valence-electron chi connectivity index (χ2n) is 7.66. The van der Waals surface area contributed by atoms with E-state index >= 15 is 0 Å². The lowest BCUT2D eigenvalue weighted by Gasteiger charge is -2.35. The molecule has 0 spiro atoms. The fourth-order valence-electron chi connectivity index (χ4n) is 3.83. The van der Waals surface area contributed by atoms with Crippen molar-refractivity contribution in [3.63, 3.8) is 0 Å². The zero-order valence-electron chi connectivity index (χ0n) is 17.4. The zero-order valence-corrected chi connectivity index (χ0v) is 19.1. The summed E-state index contributed by atoms with van der Waals surface area (Å²) in [5, 5.41) is 0. The van der Waals surface area contributed by atoms with Gasteiger partial charge in [-0.1, -0.05) is 13.0 Å². The number of nitrogens with zero attached hydrogens (tertiary/aromatic N) is 2. The number of hydrogen-bond acceptors (Lipinski definition) is 5. The van der Waals surface area contributed by atoms with Gasteiger partial charge in [0.15, 0.2) is 0 Å². The van der Waals surface area contributed by atoms with Gasteiger partial charge in [0.1, 0.15) is 11.9 Å². The van der Waals surface area contributed by atoms with Crippen LogP contribution in [0.4, 0.5) is 11.4 Å². The molecule has 0 unspecified atom stereocenters. The highest BCUT2D eigenvalue weighted by atomic mass is 32.2. The molecule has 0 bridgehead atoms. The third kappa shape index (κ3) is 3.78. The number of carbonyl (C=O) groups is 1. The topological polar surface area (TPSA) is 66.9 Å². The molecule has 2 aliphatic rings. The fourth-order valence-corrected chi connectivity index (χ4v) is 6.33. The molecule has 6 nitrogen and oxygen atoms in total. The number of fused-ring (bicyclic) bond motifs is 2. The number of carbonyl (C=O) groups excluding carboxylic acids is 1. The van der Waals surface area contributed by atoms with Crippen LogP contribution in [0.3, 0.4) is 0 Å². The van der Waals surface area contributed by atoms with Gasteiger partial charge in [-0.3, -0.25) is 9.10 Å². The maximum absolute atomic E-state index is 13.7. The largest absolute Gasteiger partial charge is 0.486 e. The Labute approximate surface area is 182 Å². The lowest BCUT2D eigenvalue weighted by molar-refractivity contribution is -0.116. The molecule has 0 saturated carbocycles. The van der Waals surface area contributed by atoms with Crippen molar-refractivity contribution in [1.82, 2.24) is 0 Å². The minimum atomic E-state index is -3.82. The molecule has 2 aliphatic heterocycles. The molecule has 2 aromatic carbocycles. The van der Waals surface area contributed by atoms with E-state index in [0.29, 0.717) is 30.1 Å². The molecule has 0 aromatic heterocycles. The van der Waals surface area contributed by atoms with Crippen LogP contribution in [0.2, 0.25) is 0 Å². The van der Waals surface area contributed by atoms with Gasteiger partial charge in [0.05, 0.1) is 22.8 Å². The average molecular weight is 447 g/mol. The van der Waals surface area contributed by atoms with E-state index in [-0.39, 0.29) is 23.5 Å². The highest BCUT2D eigenvalue weighted by molar-refractivity contribution is 7.99. The summed E-state index contributed by atoms with van der Waals surface area (Å²) in [5.41, 5.74) is 2.21. The molecule has 8 heteroatoms. The van der Waals surface area contributed by atoms with Gasteiger partial charge in [0.2, 0.25) is 5.91 Å². The van der Waals surface area contributed by atoms with E-state index in [2.05, 4.69) is 0 Å². The van der Waals surface area contributed by atoms with Crippen molar-refractivity contribution < 1.29 is 17.9 Å². The lowest BCUT2D eigenvalue weighted by Crippen LogP contribution is -2.43. The summed E-state index contributed by atoms with van der Waals surface area (Å²) < 4.78 is 34.9. The van der Waals surface area contributed by atoms with Gasteiger partial charge in [-0.2, -0.15) is 0 Å². The van der Waals surface area contributed by atoms with Crippen LogP contribution in [0.1, 0.15) is 32.3 Å². The van der Waals surface area contributed by atoms with Crippen molar-refractivity contribution in [2.24, 2.45) is 0 Å². The zero-order chi connectivity index (χ0) is 21.5. The summed E-state index contributed by atoms with van der Waals surface area (Å²) >= 11 is 1.66. The Morgan fingerprint density at radius 3 is 2.73 bits per heavy atom. The minimum absolute atomic E-state index is 0.0771. The quantitative estimate of drug-likeness (QED) is 0.707. The van der Waals surface area contributed by atoms with E-state index in [1.165, 1.54) is 11.2 Å². The predicted molar refractivity (Wildman–Crippen MR) is 120 cm³/mol.